The summed E-state index contributed by atoms with van der Waals surface area (Å²) in [5.74, 6) is 0. The number of rotatable bonds is 4. The van der Waals surface area contributed by atoms with Gasteiger partial charge in [0.25, 0.3) is 0 Å². The molecule has 4 heteroatoms. The van der Waals surface area contributed by atoms with E-state index in [1.165, 1.54) is 19.4 Å². The fraction of sp³-hybridized carbons (Fsp3) is 0.615. The van der Waals surface area contributed by atoms with Crippen LogP contribution in [0.3, 0.4) is 0 Å². The number of likely N-dealkylation sites (tertiary alicyclic amines) is 1. The molecule has 1 fully saturated rings. The van der Waals surface area contributed by atoms with Crippen LogP contribution in [0, 0.1) is 0 Å². The average molecular weight is 234 g/mol. The molecule has 0 amide bonds. The quantitative estimate of drug-likeness (QED) is 0.850. The van der Waals surface area contributed by atoms with E-state index in [9.17, 15) is 0 Å². The molecule has 1 aliphatic heterocycles. The van der Waals surface area contributed by atoms with E-state index in [1.54, 1.807) is 6.20 Å². The lowest BCUT2D eigenvalue weighted by atomic mass is 10.2. The van der Waals surface area contributed by atoms with Crippen molar-refractivity contribution in [3.05, 3.63) is 24.0 Å². The molecule has 2 rings (SSSR count). The van der Waals surface area contributed by atoms with Gasteiger partial charge < -0.3 is 10.6 Å². The molecule has 1 saturated heterocycles. The van der Waals surface area contributed by atoms with Crippen molar-refractivity contribution in [2.75, 3.05) is 32.9 Å². The van der Waals surface area contributed by atoms with Crippen molar-refractivity contribution in [1.82, 2.24) is 14.8 Å². The summed E-state index contributed by atoms with van der Waals surface area (Å²) >= 11 is 0. The van der Waals surface area contributed by atoms with Crippen LogP contribution in [0.2, 0.25) is 0 Å². The Morgan fingerprint density at radius 1 is 1.59 bits per heavy atom. The lowest BCUT2D eigenvalue weighted by Gasteiger charge is -2.25. The van der Waals surface area contributed by atoms with Crippen LogP contribution in [-0.4, -0.2) is 48.0 Å². The summed E-state index contributed by atoms with van der Waals surface area (Å²) in [6, 6.07) is 4.48. The van der Waals surface area contributed by atoms with Gasteiger partial charge in [-0.2, -0.15) is 0 Å². The Kier molecular flexibility index (Phi) is 3.97. The molecule has 0 radical (unpaired) electrons. The zero-order chi connectivity index (χ0) is 12.3. The van der Waals surface area contributed by atoms with Crippen LogP contribution < -0.4 is 5.73 Å². The Balaban J connectivity index is 1.89. The minimum atomic E-state index is 0.685. The summed E-state index contributed by atoms with van der Waals surface area (Å²) in [5, 5.41) is 0. The molecule has 0 bridgehead atoms. The molecule has 1 aliphatic rings. The number of nitrogen functional groups attached to an aromatic ring is 1. The first-order valence-corrected chi connectivity index (χ1v) is 6.25. The molecule has 0 spiro atoms. The van der Waals surface area contributed by atoms with Crippen LogP contribution in [-0.2, 0) is 6.54 Å². The topological polar surface area (TPSA) is 45.4 Å². The van der Waals surface area contributed by atoms with Crippen LogP contribution in [0.5, 0.6) is 0 Å². The lowest BCUT2D eigenvalue weighted by Crippen LogP contribution is -2.36. The molecule has 1 aromatic heterocycles. The van der Waals surface area contributed by atoms with Crippen LogP contribution >= 0.6 is 0 Å². The van der Waals surface area contributed by atoms with E-state index >= 15 is 0 Å². The smallest absolute Gasteiger partial charge is 0.0772 e. The van der Waals surface area contributed by atoms with Crippen LogP contribution in [0.4, 0.5) is 5.69 Å². The lowest BCUT2D eigenvalue weighted by molar-refractivity contribution is 0.214. The zero-order valence-electron chi connectivity index (χ0n) is 10.8. The number of likely N-dealkylation sites (N-methyl/N-ethyl adjacent to an activating group) is 2. The second-order valence-corrected chi connectivity index (χ2v) is 5.01. The van der Waals surface area contributed by atoms with Crippen molar-refractivity contribution in [3.8, 4) is 0 Å². The summed E-state index contributed by atoms with van der Waals surface area (Å²) < 4.78 is 0. The molecule has 2 heterocycles. The summed E-state index contributed by atoms with van der Waals surface area (Å²) in [5.41, 5.74) is 7.68. The van der Waals surface area contributed by atoms with Gasteiger partial charge in [-0.25, -0.2) is 0 Å². The average Bonchev–Trinajstić information content (AvgIpc) is 2.68. The highest BCUT2D eigenvalue weighted by atomic mass is 15.2. The van der Waals surface area contributed by atoms with Crippen molar-refractivity contribution in [3.63, 3.8) is 0 Å². The summed E-state index contributed by atoms with van der Waals surface area (Å²) in [6.45, 7) is 3.15. The highest BCUT2D eigenvalue weighted by Crippen LogP contribution is 2.17. The number of nitrogens with zero attached hydrogens (tertiary/aromatic N) is 3. The van der Waals surface area contributed by atoms with E-state index in [0.717, 1.165) is 24.5 Å². The van der Waals surface area contributed by atoms with E-state index in [1.807, 2.05) is 12.1 Å². The number of aromatic nitrogens is 1. The molecular formula is C13H22N4. The summed E-state index contributed by atoms with van der Waals surface area (Å²) in [4.78, 5) is 9.09. The van der Waals surface area contributed by atoms with Crippen molar-refractivity contribution in [1.29, 1.82) is 0 Å². The molecule has 4 nitrogen and oxygen atoms in total. The maximum absolute atomic E-state index is 5.90. The Morgan fingerprint density at radius 2 is 2.41 bits per heavy atom. The van der Waals surface area contributed by atoms with Gasteiger partial charge >= 0.3 is 0 Å². The highest BCUT2D eigenvalue weighted by molar-refractivity contribution is 5.41. The number of hydrogen-bond donors (Lipinski definition) is 1. The third kappa shape index (κ3) is 3.17. The fourth-order valence-electron chi connectivity index (χ4n) is 2.47. The second-order valence-electron chi connectivity index (χ2n) is 5.01. The molecule has 17 heavy (non-hydrogen) atoms. The third-order valence-electron chi connectivity index (χ3n) is 3.54. The van der Waals surface area contributed by atoms with Gasteiger partial charge in [0.15, 0.2) is 0 Å². The molecule has 2 N–H and O–H groups in total. The van der Waals surface area contributed by atoms with Gasteiger partial charge in [0, 0.05) is 25.3 Å². The largest absolute Gasteiger partial charge is 0.397 e. The Hall–Kier alpha value is -1.13. The van der Waals surface area contributed by atoms with E-state index < -0.39 is 0 Å². The first kappa shape index (κ1) is 12.3. The first-order valence-electron chi connectivity index (χ1n) is 6.25. The monoisotopic (exact) mass is 234 g/mol. The van der Waals surface area contributed by atoms with Crippen molar-refractivity contribution < 1.29 is 0 Å². The Morgan fingerprint density at radius 3 is 3.06 bits per heavy atom. The molecule has 0 aromatic carbocycles. The molecule has 0 saturated carbocycles. The highest BCUT2D eigenvalue weighted by Gasteiger charge is 2.22. The first-order chi connectivity index (χ1) is 8.16. The standard InChI is InChI=1S/C13H22N4/c1-16(9-11-5-4-8-17(11)2)10-13-12(14)6-3-7-15-13/h3,6-7,11H,4-5,8-10,14H2,1-2H3. The molecule has 1 unspecified atom stereocenters. The predicted molar refractivity (Wildman–Crippen MR) is 70.6 cm³/mol. The van der Waals surface area contributed by atoms with Crippen LogP contribution in [0.1, 0.15) is 18.5 Å². The molecule has 1 atom stereocenters. The Labute approximate surface area is 103 Å². The number of nitrogens with two attached hydrogens (primary N) is 1. The number of pyridine rings is 1. The summed E-state index contributed by atoms with van der Waals surface area (Å²) in [6.07, 6.45) is 4.43. The van der Waals surface area contributed by atoms with Crippen LogP contribution in [0.15, 0.2) is 18.3 Å². The molecule has 0 aliphatic carbocycles. The fourth-order valence-corrected chi connectivity index (χ4v) is 2.47. The molecule has 1 aromatic rings. The minimum absolute atomic E-state index is 0.685. The van der Waals surface area contributed by atoms with Gasteiger partial charge in [0.2, 0.25) is 0 Å². The van der Waals surface area contributed by atoms with E-state index in [2.05, 4.69) is 28.9 Å². The van der Waals surface area contributed by atoms with Crippen molar-refractivity contribution in [2.45, 2.75) is 25.4 Å². The van der Waals surface area contributed by atoms with Gasteiger partial charge in [-0.3, -0.25) is 9.88 Å². The van der Waals surface area contributed by atoms with Crippen LogP contribution in [0.25, 0.3) is 0 Å². The maximum atomic E-state index is 5.90. The van der Waals surface area contributed by atoms with Crippen molar-refractivity contribution in [2.24, 2.45) is 0 Å². The minimum Gasteiger partial charge on any atom is -0.397 e. The summed E-state index contributed by atoms with van der Waals surface area (Å²) in [7, 11) is 4.35. The van der Waals surface area contributed by atoms with Gasteiger partial charge in [0.1, 0.15) is 0 Å². The van der Waals surface area contributed by atoms with Crippen molar-refractivity contribution >= 4 is 5.69 Å². The molecule has 94 valence electrons. The zero-order valence-corrected chi connectivity index (χ0v) is 10.8. The number of hydrogen-bond acceptors (Lipinski definition) is 4. The van der Waals surface area contributed by atoms with Gasteiger partial charge in [-0.15, -0.1) is 0 Å². The van der Waals surface area contributed by atoms with Gasteiger partial charge in [-0.05, 0) is 45.6 Å². The number of anilines is 1. The third-order valence-corrected chi connectivity index (χ3v) is 3.54. The SMILES string of the molecule is CN(Cc1ncccc1N)CC1CCCN1C. The maximum Gasteiger partial charge on any atom is 0.0772 e. The molecular weight excluding hydrogens is 212 g/mol. The van der Waals surface area contributed by atoms with Gasteiger partial charge in [-0.1, -0.05) is 0 Å². The predicted octanol–water partition coefficient (Wildman–Crippen LogP) is 1.19. The van der Waals surface area contributed by atoms with E-state index in [0.29, 0.717) is 6.04 Å². The second kappa shape index (κ2) is 5.47. The van der Waals surface area contributed by atoms with Gasteiger partial charge in [0.05, 0.1) is 11.4 Å². The Bertz CT molecular complexity index is 366. The normalized spacial score (nSPS) is 21.2. The van der Waals surface area contributed by atoms with E-state index in [-0.39, 0.29) is 0 Å². The van der Waals surface area contributed by atoms with E-state index in [4.69, 9.17) is 5.73 Å².